The number of aryl methyl sites for hydroxylation is 1. The zero-order chi connectivity index (χ0) is 16.1. The van der Waals surface area contributed by atoms with Crippen molar-refractivity contribution in [3.05, 3.63) is 47.0 Å². The van der Waals surface area contributed by atoms with Gasteiger partial charge in [-0.2, -0.15) is 0 Å². The van der Waals surface area contributed by atoms with Gasteiger partial charge in [0.25, 0.3) is 0 Å². The second-order valence-electron chi connectivity index (χ2n) is 5.21. The first-order valence-corrected chi connectivity index (χ1v) is 7.26. The molecule has 0 aromatic heterocycles. The lowest BCUT2D eigenvalue weighted by atomic mass is 10.0. The van der Waals surface area contributed by atoms with Gasteiger partial charge in [-0.3, -0.25) is 0 Å². The topological polar surface area (TPSA) is 80.9 Å². The van der Waals surface area contributed by atoms with Gasteiger partial charge in [0.2, 0.25) is 0 Å². The predicted octanol–water partition coefficient (Wildman–Crippen LogP) is 4.02. The maximum Gasteiger partial charge on any atom is 0.168 e. The number of phenolic OH excluding ortho intramolecular Hbond substituents is 4. The summed E-state index contributed by atoms with van der Waals surface area (Å²) in [5.74, 6) is -1.89. The van der Waals surface area contributed by atoms with Gasteiger partial charge < -0.3 is 20.4 Å². The van der Waals surface area contributed by atoms with E-state index in [0.29, 0.717) is 0 Å². The lowest BCUT2D eigenvalue weighted by Crippen LogP contribution is -1.85. The van der Waals surface area contributed by atoms with Crippen LogP contribution < -0.4 is 0 Å². The van der Waals surface area contributed by atoms with E-state index in [1.165, 1.54) is 11.6 Å². The molecule has 0 aliphatic rings. The van der Waals surface area contributed by atoms with Crippen molar-refractivity contribution < 1.29 is 20.4 Å². The van der Waals surface area contributed by atoms with Gasteiger partial charge in [0.05, 0.1) is 5.56 Å². The number of benzene rings is 2. The molecule has 2 aromatic carbocycles. The van der Waals surface area contributed by atoms with Crippen molar-refractivity contribution in [1.29, 1.82) is 0 Å². The molecule has 0 saturated heterocycles. The molecule has 0 atom stereocenters. The van der Waals surface area contributed by atoms with E-state index in [1.54, 1.807) is 6.08 Å². The predicted molar refractivity (Wildman–Crippen MR) is 87.1 cm³/mol. The van der Waals surface area contributed by atoms with Crippen LogP contribution in [-0.2, 0) is 6.42 Å². The molecule has 2 rings (SSSR count). The number of unbranched alkanes of at least 4 members (excludes halogenated alkanes) is 1. The molecule has 0 bridgehead atoms. The molecule has 4 nitrogen and oxygen atoms in total. The minimum atomic E-state index is -0.480. The minimum Gasteiger partial charge on any atom is -0.504 e. The number of phenols is 4. The van der Waals surface area contributed by atoms with E-state index in [4.69, 9.17) is 0 Å². The molecule has 0 heterocycles. The first kappa shape index (κ1) is 15.8. The number of rotatable bonds is 5. The summed E-state index contributed by atoms with van der Waals surface area (Å²) < 4.78 is 0. The van der Waals surface area contributed by atoms with Gasteiger partial charge in [0.1, 0.15) is 0 Å². The van der Waals surface area contributed by atoms with Crippen LogP contribution in [0.4, 0.5) is 0 Å². The van der Waals surface area contributed by atoms with Gasteiger partial charge in [-0.1, -0.05) is 43.7 Å². The summed E-state index contributed by atoms with van der Waals surface area (Å²) in [6.07, 6.45) is 6.42. The fraction of sp³-hybridized carbons (Fsp3) is 0.222. The normalized spacial score (nSPS) is 11.1. The molecule has 2 aromatic rings. The molecule has 0 saturated carbocycles. The van der Waals surface area contributed by atoms with E-state index in [2.05, 4.69) is 13.0 Å². The first-order valence-electron chi connectivity index (χ1n) is 7.26. The third-order valence-corrected chi connectivity index (χ3v) is 3.48. The van der Waals surface area contributed by atoms with E-state index >= 15 is 0 Å². The largest absolute Gasteiger partial charge is 0.504 e. The van der Waals surface area contributed by atoms with Gasteiger partial charge in [0, 0.05) is 6.07 Å². The average Bonchev–Trinajstić information content (AvgIpc) is 2.51. The molecule has 4 N–H and O–H groups in total. The third kappa shape index (κ3) is 3.52. The molecule has 0 amide bonds. The number of aromatic hydroxyl groups is 4. The highest BCUT2D eigenvalue weighted by atomic mass is 16.3. The van der Waals surface area contributed by atoms with Crippen molar-refractivity contribution in [3.63, 3.8) is 0 Å². The Kier molecular flexibility index (Phi) is 4.94. The molecule has 0 aliphatic carbocycles. The van der Waals surface area contributed by atoms with Crippen molar-refractivity contribution in [2.75, 3.05) is 0 Å². The first-order chi connectivity index (χ1) is 10.5. The highest BCUT2D eigenvalue weighted by Gasteiger charge is 2.14. The van der Waals surface area contributed by atoms with Crippen molar-refractivity contribution in [1.82, 2.24) is 0 Å². The average molecular weight is 300 g/mol. The zero-order valence-electron chi connectivity index (χ0n) is 12.5. The summed E-state index contributed by atoms with van der Waals surface area (Å²) in [7, 11) is 0. The monoisotopic (exact) mass is 300 g/mol. The lowest BCUT2D eigenvalue weighted by Gasteiger charge is -2.07. The van der Waals surface area contributed by atoms with Crippen LogP contribution in [-0.4, -0.2) is 20.4 Å². The second-order valence-corrected chi connectivity index (χ2v) is 5.21. The molecule has 0 aliphatic heterocycles. The molecular formula is C18H20O4. The SMILES string of the molecule is CCCCc1cccc(/C=C/c2c(O)c(O)cc(O)c2O)c1. The summed E-state index contributed by atoms with van der Waals surface area (Å²) in [6.45, 7) is 2.14. The van der Waals surface area contributed by atoms with E-state index in [-0.39, 0.29) is 5.56 Å². The summed E-state index contributed by atoms with van der Waals surface area (Å²) >= 11 is 0. The second kappa shape index (κ2) is 6.89. The lowest BCUT2D eigenvalue weighted by molar-refractivity contribution is 0.371. The fourth-order valence-corrected chi connectivity index (χ4v) is 2.22. The number of hydrogen-bond acceptors (Lipinski definition) is 4. The molecule has 22 heavy (non-hydrogen) atoms. The Balaban J connectivity index is 2.29. The van der Waals surface area contributed by atoms with Crippen LogP contribution >= 0.6 is 0 Å². The van der Waals surface area contributed by atoms with Gasteiger partial charge in [-0.15, -0.1) is 0 Å². The Morgan fingerprint density at radius 1 is 0.909 bits per heavy atom. The van der Waals surface area contributed by atoms with Crippen molar-refractivity contribution >= 4 is 12.2 Å². The van der Waals surface area contributed by atoms with Crippen LogP contribution in [0.5, 0.6) is 23.0 Å². The molecule has 0 fully saturated rings. The van der Waals surface area contributed by atoms with E-state index < -0.39 is 23.0 Å². The van der Waals surface area contributed by atoms with Gasteiger partial charge in [-0.25, -0.2) is 0 Å². The van der Waals surface area contributed by atoms with Gasteiger partial charge in [0.15, 0.2) is 23.0 Å². The number of hydrogen-bond donors (Lipinski definition) is 4. The quantitative estimate of drug-likeness (QED) is 0.382. The fourth-order valence-electron chi connectivity index (χ4n) is 2.22. The molecule has 0 unspecified atom stereocenters. The Morgan fingerprint density at radius 2 is 1.59 bits per heavy atom. The zero-order valence-corrected chi connectivity index (χ0v) is 12.5. The van der Waals surface area contributed by atoms with Crippen LogP contribution in [0.1, 0.15) is 36.5 Å². The van der Waals surface area contributed by atoms with Crippen LogP contribution in [0.15, 0.2) is 30.3 Å². The summed E-state index contributed by atoms with van der Waals surface area (Å²) in [5.41, 5.74) is 2.11. The minimum absolute atomic E-state index is 0.0172. The third-order valence-electron chi connectivity index (χ3n) is 3.48. The van der Waals surface area contributed by atoms with Gasteiger partial charge in [-0.05, 0) is 30.0 Å². The Hall–Kier alpha value is -2.62. The Bertz CT molecular complexity index is 663. The van der Waals surface area contributed by atoms with Gasteiger partial charge >= 0.3 is 0 Å². The molecule has 0 radical (unpaired) electrons. The van der Waals surface area contributed by atoms with Crippen LogP contribution in [0.3, 0.4) is 0 Å². The Labute approximate surface area is 129 Å². The maximum atomic E-state index is 9.78. The molecular weight excluding hydrogens is 280 g/mol. The molecule has 116 valence electrons. The van der Waals surface area contributed by atoms with Crippen molar-refractivity contribution in [2.45, 2.75) is 26.2 Å². The van der Waals surface area contributed by atoms with Crippen LogP contribution in [0.25, 0.3) is 12.2 Å². The smallest absolute Gasteiger partial charge is 0.168 e. The van der Waals surface area contributed by atoms with Crippen LogP contribution in [0.2, 0.25) is 0 Å². The summed E-state index contributed by atoms with van der Waals surface area (Å²) in [6, 6.07) is 8.84. The summed E-state index contributed by atoms with van der Waals surface area (Å²) in [4.78, 5) is 0. The van der Waals surface area contributed by atoms with Crippen LogP contribution in [0, 0.1) is 0 Å². The highest BCUT2D eigenvalue weighted by Crippen LogP contribution is 2.42. The van der Waals surface area contributed by atoms with Crippen molar-refractivity contribution in [3.8, 4) is 23.0 Å². The van der Waals surface area contributed by atoms with E-state index in [1.807, 2.05) is 18.2 Å². The summed E-state index contributed by atoms with van der Waals surface area (Å²) in [5, 5.41) is 38.5. The molecule has 0 spiro atoms. The molecule has 4 heteroatoms. The standard InChI is InChI=1S/C18H20O4/c1-2-3-5-12-6-4-7-13(10-12)8-9-14-17(21)15(19)11-16(20)18(14)22/h4,6-11,19-22H,2-3,5H2,1H3/b9-8+. The van der Waals surface area contributed by atoms with E-state index in [9.17, 15) is 20.4 Å². The van der Waals surface area contributed by atoms with E-state index in [0.717, 1.165) is 30.9 Å². The highest BCUT2D eigenvalue weighted by molar-refractivity contribution is 5.79. The maximum absolute atomic E-state index is 9.78. The Morgan fingerprint density at radius 3 is 2.23 bits per heavy atom. The van der Waals surface area contributed by atoms with Crippen molar-refractivity contribution in [2.24, 2.45) is 0 Å².